The van der Waals surface area contributed by atoms with Crippen molar-refractivity contribution in [3.05, 3.63) is 10.3 Å². The molecule has 1 fully saturated rings. The molecule has 2 aliphatic rings. The predicted molar refractivity (Wildman–Crippen MR) is 124 cm³/mol. The number of imidazole rings is 1. The first kappa shape index (κ1) is 22.9. The van der Waals surface area contributed by atoms with Gasteiger partial charge in [-0.05, 0) is 43.6 Å². The number of aryl methyl sites for hydroxylation is 1. The monoisotopic (exact) mass is 512 g/mol. The van der Waals surface area contributed by atoms with Crippen LogP contribution in [-0.4, -0.2) is 76.7 Å². The fraction of sp³-hybridized carbons (Fsp3) is 0.667. The molecule has 0 spiro atoms. The number of likely N-dealkylation sites (tertiary alicyclic amines) is 1. The SMILES string of the molecule is Cc1nc2c3c(c(NCC4(F)CCN(C(=O)OC(C)(C)C)CC4)nn2c1Br)OCCN3C. The summed E-state index contributed by atoms with van der Waals surface area (Å²) in [5, 5.41) is 7.81. The molecule has 0 bridgehead atoms. The van der Waals surface area contributed by atoms with Gasteiger partial charge >= 0.3 is 6.09 Å². The van der Waals surface area contributed by atoms with Crippen LogP contribution in [0.25, 0.3) is 5.65 Å². The highest BCUT2D eigenvalue weighted by molar-refractivity contribution is 9.10. The van der Waals surface area contributed by atoms with Crippen LogP contribution in [0, 0.1) is 6.92 Å². The molecule has 1 saturated heterocycles. The number of likely N-dealkylation sites (N-methyl/N-ethyl adjacent to an activating group) is 1. The zero-order valence-corrected chi connectivity index (χ0v) is 20.8. The maximum absolute atomic E-state index is 15.6. The van der Waals surface area contributed by atoms with E-state index in [2.05, 4.69) is 36.2 Å². The van der Waals surface area contributed by atoms with E-state index in [1.54, 1.807) is 9.42 Å². The third-order valence-electron chi connectivity index (χ3n) is 5.74. The molecular weight excluding hydrogens is 483 g/mol. The Hall–Kier alpha value is -2.30. The summed E-state index contributed by atoms with van der Waals surface area (Å²) in [6.45, 7) is 9.29. The molecule has 0 aromatic carbocycles. The second-order valence-corrected chi connectivity index (χ2v) is 10.2. The lowest BCUT2D eigenvalue weighted by molar-refractivity contribution is 0.00574. The predicted octanol–water partition coefficient (Wildman–Crippen LogP) is 3.78. The zero-order chi connectivity index (χ0) is 23.3. The van der Waals surface area contributed by atoms with Gasteiger partial charge in [-0.25, -0.2) is 18.7 Å². The van der Waals surface area contributed by atoms with Gasteiger partial charge in [0.05, 0.1) is 18.8 Å². The number of aromatic nitrogens is 3. The Kier molecular flexibility index (Phi) is 5.89. The fourth-order valence-corrected chi connectivity index (χ4v) is 4.27. The molecule has 176 valence electrons. The molecule has 0 radical (unpaired) electrons. The minimum atomic E-state index is -1.47. The van der Waals surface area contributed by atoms with E-state index in [1.807, 2.05) is 34.7 Å². The number of ether oxygens (including phenoxy) is 2. The third-order valence-corrected chi connectivity index (χ3v) is 6.65. The maximum Gasteiger partial charge on any atom is 0.410 e. The summed E-state index contributed by atoms with van der Waals surface area (Å²) >= 11 is 3.54. The van der Waals surface area contributed by atoms with Crippen LogP contribution in [0.1, 0.15) is 39.3 Å². The van der Waals surface area contributed by atoms with Crippen molar-refractivity contribution < 1.29 is 18.7 Å². The van der Waals surface area contributed by atoms with Crippen LogP contribution in [0.4, 0.5) is 20.7 Å². The van der Waals surface area contributed by atoms with Gasteiger partial charge in [0.1, 0.15) is 28.2 Å². The van der Waals surface area contributed by atoms with Crippen LogP contribution < -0.4 is 15.0 Å². The smallest absolute Gasteiger partial charge is 0.410 e. The summed E-state index contributed by atoms with van der Waals surface area (Å²) < 4.78 is 29.4. The minimum absolute atomic E-state index is 0.0679. The Morgan fingerprint density at radius 2 is 2.00 bits per heavy atom. The Balaban J connectivity index is 1.50. The highest BCUT2D eigenvalue weighted by Crippen LogP contribution is 2.41. The average Bonchev–Trinajstić information content (AvgIpc) is 2.99. The van der Waals surface area contributed by atoms with E-state index in [0.717, 1.165) is 22.5 Å². The summed E-state index contributed by atoms with van der Waals surface area (Å²) in [5.41, 5.74) is 0.296. The first-order chi connectivity index (χ1) is 15.0. The lowest BCUT2D eigenvalue weighted by Crippen LogP contribution is -2.48. The van der Waals surface area contributed by atoms with Gasteiger partial charge in [-0.2, -0.15) is 0 Å². The minimum Gasteiger partial charge on any atom is -0.486 e. The van der Waals surface area contributed by atoms with Gasteiger partial charge in [-0.1, -0.05) is 0 Å². The van der Waals surface area contributed by atoms with Gasteiger partial charge in [0.2, 0.25) is 0 Å². The number of nitrogens with one attached hydrogen (secondary N) is 1. The third kappa shape index (κ3) is 4.44. The number of carbonyl (C=O) groups is 1. The number of hydrogen-bond donors (Lipinski definition) is 1. The van der Waals surface area contributed by atoms with Gasteiger partial charge in [0, 0.05) is 33.0 Å². The van der Waals surface area contributed by atoms with Gasteiger partial charge in [-0.15, -0.1) is 5.10 Å². The van der Waals surface area contributed by atoms with Crippen molar-refractivity contribution in [1.82, 2.24) is 19.5 Å². The normalized spacial score (nSPS) is 18.3. The molecule has 0 unspecified atom stereocenters. The standard InChI is InChI=1S/C21H30BrFN6O3/c1-13-16(22)29-18(25-13)14-15(31-11-10-27(14)5)17(26-29)24-12-21(23)6-8-28(9-7-21)19(30)32-20(2,3)4/h6-12H2,1-5H3,(H,24,26). The number of fused-ring (bicyclic) bond motifs is 3. The molecule has 0 saturated carbocycles. The van der Waals surface area contributed by atoms with Crippen LogP contribution >= 0.6 is 15.9 Å². The number of carbonyl (C=O) groups excluding carboxylic acids is 1. The molecule has 4 rings (SSSR count). The molecule has 32 heavy (non-hydrogen) atoms. The molecule has 1 N–H and O–H groups in total. The first-order valence-electron chi connectivity index (χ1n) is 10.8. The molecular formula is C21H30BrFN6O3. The van der Waals surface area contributed by atoms with Crippen LogP contribution in [0.5, 0.6) is 5.75 Å². The molecule has 2 aromatic heterocycles. The van der Waals surface area contributed by atoms with E-state index < -0.39 is 17.4 Å². The van der Waals surface area contributed by atoms with E-state index in [-0.39, 0.29) is 19.4 Å². The number of rotatable bonds is 3. The molecule has 0 atom stereocenters. The zero-order valence-electron chi connectivity index (χ0n) is 19.2. The number of anilines is 2. The van der Waals surface area contributed by atoms with Crippen molar-refractivity contribution in [1.29, 1.82) is 0 Å². The van der Waals surface area contributed by atoms with Crippen LogP contribution in [0.2, 0.25) is 0 Å². The molecule has 2 aromatic rings. The van der Waals surface area contributed by atoms with Crippen LogP contribution in [0.15, 0.2) is 4.60 Å². The second-order valence-electron chi connectivity index (χ2n) is 9.49. The Labute approximate surface area is 195 Å². The Morgan fingerprint density at radius 1 is 1.31 bits per heavy atom. The maximum atomic E-state index is 15.6. The number of nitrogens with zero attached hydrogens (tertiary/aromatic N) is 5. The average molecular weight is 513 g/mol. The molecule has 2 aliphatic heterocycles. The fourth-order valence-electron chi connectivity index (χ4n) is 3.93. The van der Waals surface area contributed by atoms with Gasteiger partial charge < -0.3 is 24.6 Å². The van der Waals surface area contributed by atoms with Crippen LogP contribution in [-0.2, 0) is 4.74 Å². The van der Waals surface area contributed by atoms with E-state index >= 15 is 4.39 Å². The van der Waals surface area contributed by atoms with Crippen molar-refractivity contribution in [2.45, 2.75) is 51.8 Å². The number of hydrogen-bond acceptors (Lipinski definition) is 7. The topological polar surface area (TPSA) is 84.2 Å². The van der Waals surface area contributed by atoms with Gasteiger partial charge in [0.15, 0.2) is 17.2 Å². The van der Waals surface area contributed by atoms with Crippen molar-refractivity contribution in [3.8, 4) is 5.75 Å². The van der Waals surface area contributed by atoms with E-state index in [4.69, 9.17) is 9.47 Å². The lowest BCUT2D eigenvalue weighted by atomic mass is 9.93. The Bertz CT molecular complexity index is 1030. The highest BCUT2D eigenvalue weighted by Gasteiger charge is 2.38. The Morgan fingerprint density at radius 3 is 2.66 bits per heavy atom. The molecule has 4 heterocycles. The summed E-state index contributed by atoms with van der Waals surface area (Å²) in [6, 6.07) is 0. The van der Waals surface area contributed by atoms with Crippen molar-refractivity contribution in [2.24, 2.45) is 0 Å². The van der Waals surface area contributed by atoms with E-state index in [9.17, 15) is 4.79 Å². The van der Waals surface area contributed by atoms with Crippen molar-refractivity contribution in [2.75, 3.05) is 50.1 Å². The number of amides is 1. The van der Waals surface area contributed by atoms with Crippen molar-refractivity contribution >= 4 is 39.2 Å². The van der Waals surface area contributed by atoms with Gasteiger partial charge in [-0.3, -0.25) is 0 Å². The highest BCUT2D eigenvalue weighted by atomic mass is 79.9. The summed E-state index contributed by atoms with van der Waals surface area (Å²) in [4.78, 5) is 20.5. The van der Waals surface area contributed by atoms with E-state index in [0.29, 0.717) is 36.9 Å². The van der Waals surface area contributed by atoms with Gasteiger partial charge in [0.25, 0.3) is 0 Å². The number of halogens is 2. The molecule has 1 amide bonds. The number of piperidine rings is 1. The largest absolute Gasteiger partial charge is 0.486 e. The number of alkyl halides is 1. The lowest BCUT2D eigenvalue weighted by Gasteiger charge is -2.37. The summed E-state index contributed by atoms with van der Waals surface area (Å²) in [5.74, 6) is 1.06. The van der Waals surface area contributed by atoms with Crippen LogP contribution in [0.3, 0.4) is 0 Å². The second kappa shape index (κ2) is 8.24. The first-order valence-corrected chi connectivity index (χ1v) is 11.6. The molecule has 0 aliphatic carbocycles. The molecule has 11 heteroatoms. The summed E-state index contributed by atoms with van der Waals surface area (Å²) in [6.07, 6.45) is 0.0434. The van der Waals surface area contributed by atoms with Crippen molar-refractivity contribution in [3.63, 3.8) is 0 Å². The quantitative estimate of drug-likeness (QED) is 0.669. The summed E-state index contributed by atoms with van der Waals surface area (Å²) in [7, 11) is 1.98. The van der Waals surface area contributed by atoms with E-state index in [1.165, 1.54) is 0 Å². The molecule has 9 nitrogen and oxygen atoms in total.